The molecular weight excluding hydrogens is 336 g/mol. The molecule has 27 heavy (non-hydrogen) atoms. The van der Waals surface area contributed by atoms with Gasteiger partial charge in [0.2, 0.25) is 0 Å². The lowest BCUT2D eigenvalue weighted by Crippen LogP contribution is -2.23. The van der Waals surface area contributed by atoms with E-state index in [2.05, 4.69) is 9.97 Å². The summed E-state index contributed by atoms with van der Waals surface area (Å²) >= 11 is 0. The van der Waals surface area contributed by atoms with Crippen LogP contribution in [0.5, 0.6) is 0 Å². The Balaban J connectivity index is 1.44. The molecule has 0 spiro atoms. The van der Waals surface area contributed by atoms with Gasteiger partial charge in [-0.2, -0.15) is 0 Å². The number of para-hydroxylation sites is 2. The second-order valence-corrected chi connectivity index (χ2v) is 6.59. The highest BCUT2D eigenvalue weighted by Crippen LogP contribution is 2.23. The number of fused-ring (bicyclic) bond motifs is 2. The summed E-state index contributed by atoms with van der Waals surface area (Å²) in [4.78, 5) is 8.76. The molecule has 5 nitrogen and oxygen atoms in total. The van der Waals surface area contributed by atoms with Crippen LogP contribution in [0.4, 0.5) is 0 Å². The Morgan fingerprint density at radius 3 is 1.59 bits per heavy atom. The fraction of sp³-hybridized carbons (Fsp3) is 0.182. The number of hydrogen-bond donors (Lipinski definition) is 2. The fourth-order valence-electron chi connectivity index (χ4n) is 3.38. The first-order valence-electron chi connectivity index (χ1n) is 9.00. The summed E-state index contributed by atoms with van der Waals surface area (Å²) in [5.41, 5.74) is 16.7. The van der Waals surface area contributed by atoms with Crippen molar-refractivity contribution in [2.24, 2.45) is 11.5 Å². The minimum Gasteiger partial charge on any atom is -0.378 e. The highest BCUT2D eigenvalue weighted by molar-refractivity contribution is 5.83. The number of hydrogen-bond acceptors (Lipinski definition) is 5. The maximum Gasteiger partial charge on any atom is 0.0705 e. The van der Waals surface area contributed by atoms with Crippen molar-refractivity contribution in [1.29, 1.82) is 0 Å². The predicted octanol–water partition coefficient (Wildman–Crippen LogP) is 3.50. The monoisotopic (exact) mass is 358 g/mol. The van der Waals surface area contributed by atoms with Crippen LogP contribution in [0.1, 0.15) is 23.2 Å². The molecule has 0 aliphatic heterocycles. The van der Waals surface area contributed by atoms with Crippen LogP contribution in [-0.4, -0.2) is 23.2 Å². The van der Waals surface area contributed by atoms with Crippen LogP contribution in [0.2, 0.25) is 0 Å². The molecule has 0 radical (unpaired) electrons. The number of ether oxygens (including phenoxy) is 1. The smallest absolute Gasteiger partial charge is 0.0705 e. The van der Waals surface area contributed by atoms with Crippen molar-refractivity contribution >= 4 is 21.8 Å². The van der Waals surface area contributed by atoms with Crippen molar-refractivity contribution in [3.05, 3.63) is 84.2 Å². The van der Waals surface area contributed by atoms with Gasteiger partial charge in [0.05, 0.1) is 36.3 Å². The van der Waals surface area contributed by atoms with Crippen LogP contribution < -0.4 is 11.5 Å². The van der Waals surface area contributed by atoms with E-state index >= 15 is 0 Å². The van der Waals surface area contributed by atoms with Gasteiger partial charge in [0.1, 0.15) is 0 Å². The molecule has 0 amide bonds. The first-order chi connectivity index (χ1) is 13.2. The number of rotatable bonds is 6. The number of aromatic nitrogens is 2. The van der Waals surface area contributed by atoms with E-state index in [0.29, 0.717) is 13.2 Å². The minimum absolute atomic E-state index is 0.237. The van der Waals surface area contributed by atoms with Crippen molar-refractivity contribution in [2.75, 3.05) is 13.2 Å². The molecule has 0 bridgehead atoms. The Bertz CT molecular complexity index is 970. The quantitative estimate of drug-likeness (QED) is 0.551. The summed E-state index contributed by atoms with van der Waals surface area (Å²) in [6.45, 7) is 0.787. The van der Waals surface area contributed by atoms with Gasteiger partial charge in [0.25, 0.3) is 0 Å². The molecule has 2 unspecified atom stereocenters. The van der Waals surface area contributed by atoms with Crippen LogP contribution in [0.25, 0.3) is 21.8 Å². The molecule has 0 aliphatic carbocycles. The second-order valence-electron chi connectivity index (χ2n) is 6.59. The van der Waals surface area contributed by atoms with Crippen molar-refractivity contribution in [1.82, 2.24) is 9.97 Å². The number of benzene rings is 2. The minimum atomic E-state index is -0.237. The largest absolute Gasteiger partial charge is 0.378 e. The number of pyridine rings is 2. The van der Waals surface area contributed by atoms with Crippen LogP contribution >= 0.6 is 0 Å². The summed E-state index contributed by atoms with van der Waals surface area (Å²) in [7, 11) is 0. The summed E-state index contributed by atoms with van der Waals surface area (Å²) in [6.07, 6.45) is 3.57. The molecule has 4 N–H and O–H groups in total. The zero-order valence-electron chi connectivity index (χ0n) is 15.0. The lowest BCUT2D eigenvalue weighted by atomic mass is 10.0. The van der Waals surface area contributed by atoms with Crippen LogP contribution in [-0.2, 0) is 4.74 Å². The Kier molecular flexibility index (Phi) is 5.07. The molecule has 0 saturated heterocycles. The maximum absolute atomic E-state index is 6.37. The number of nitrogens with two attached hydrogens (primary N) is 2. The third-order valence-corrected chi connectivity index (χ3v) is 4.76. The molecule has 0 aliphatic rings. The molecule has 136 valence electrons. The summed E-state index contributed by atoms with van der Waals surface area (Å²) in [5.74, 6) is 0. The fourth-order valence-corrected chi connectivity index (χ4v) is 3.38. The van der Waals surface area contributed by atoms with E-state index in [9.17, 15) is 0 Å². The summed E-state index contributed by atoms with van der Waals surface area (Å²) in [6, 6.07) is 19.4. The third-order valence-electron chi connectivity index (χ3n) is 4.76. The van der Waals surface area contributed by atoms with Gasteiger partial charge in [0, 0.05) is 23.2 Å². The average molecular weight is 358 g/mol. The zero-order valence-corrected chi connectivity index (χ0v) is 15.0. The lowest BCUT2D eigenvalue weighted by molar-refractivity contribution is 0.109. The van der Waals surface area contributed by atoms with Gasteiger partial charge in [-0.1, -0.05) is 36.4 Å². The SMILES string of the molecule is NC(COCC(N)c1ccnc2ccccc12)c1ccnc2ccccc12. The van der Waals surface area contributed by atoms with Gasteiger partial charge in [-0.25, -0.2) is 0 Å². The molecule has 2 atom stereocenters. The van der Waals surface area contributed by atoms with E-state index in [1.807, 2.05) is 60.7 Å². The molecule has 2 aromatic heterocycles. The second kappa shape index (κ2) is 7.80. The third kappa shape index (κ3) is 3.66. The van der Waals surface area contributed by atoms with Crippen molar-refractivity contribution in [2.45, 2.75) is 12.1 Å². The highest BCUT2D eigenvalue weighted by atomic mass is 16.5. The first kappa shape index (κ1) is 17.5. The van der Waals surface area contributed by atoms with Crippen molar-refractivity contribution < 1.29 is 4.74 Å². The van der Waals surface area contributed by atoms with Crippen molar-refractivity contribution in [3.63, 3.8) is 0 Å². The van der Waals surface area contributed by atoms with Crippen LogP contribution in [0.15, 0.2) is 73.1 Å². The predicted molar refractivity (Wildman–Crippen MR) is 108 cm³/mol. The van der Waals surface area contributed by atoms with Crippen molar-refractivity contribution in [3.8, 4) is 0 Å². The van der Waals surface area contributed by atoms with E-state index in [-0.39, 0.29) is 12.1 Å². The average Bonchev–Trinajstić information content (AvgIpc) is 2.72. The zero-order chi connectivity index (χ0) is 18.6. The van der Waals surface area contributed by atoms with Gasteiger partial charge in [-0.15, -0.1) is 0 Å². The maximum atomic E-state index is 6.37. The van der Waals surface area contributed by atoms with Gasteiger partial charge < -0.3 is 16.2 Å². The number of nitrogens with zero attached hydrogens (tertiary/aromatic N) is 2. The molecule has 2 heterocycles. The lowest BCUT2D eigenvalue weighted by Gasteiger charge is -2.18. The van der Waals surface area contributed by atoms with E-state index in [1.54, 1.807) is 12.4 Å². The van der Waals surface area contributed by atoms with E-state index in [0.717, 1.165) is 32.9 Å². The van der Waals surface area contributed by atoms with Gasteiger partial charge in [0.15, 0.2) is 0 Å². The normalized spacial score (nSPS) is 13.7. The Labute approximate surface area is 158 Å². The highest BCUT2D eigenvalue weighted by Gasteiger charge is 2.14. The molecular formula is C22H22N4O. The Hall–Kier alpha value is -2.86. The van der Waals surface area contributed by atoms with Gasteiger partial charge >= 0.3 is 0 Å². The van der Waals surface area contributed by atoms with E-state index in [4.69, 9.17) is 16.2 Å². The standard InChI is InChI=1S/C22H22N4O/c23-19(15-9-11-25-21-7-3-1-5-17(15)21)13-27-14-20(24)16-10-12-26-22-8-4-2-6-18(16)22/h1-12,19-20H,13-14,23-24H2. The molecule has 2 aromatic carbocycles. The van der Waals surface area contributed by atoms with Gasteiger partial charge in [-0.3, -0.25) is 9.97 Å². The molecule has 4 rings (SSSR count). The van der Waals surface area contributed by atoms with Crippen LogP contribution in [0.3, 0.4) is 0 Å². The molecule has 0 saturated carbocycles. The molecule has 0 fully saturated rings. The van der Waals surface area contributed by atoms with E-state index < -0.39 is 0 Å². The van der Waals surface area contributed by atoms with E-state index in [1.165, 1.54) is 0 Å². The Morgan fingerprint density at radius 1 is 0.667 bits per heavy atom. The van der Waals surface area contributed by atoms with Gasteiger partial charge in [-0.05, 0) is 35.4 Å². The Morgan fingerprint density at radius 2 is 1.11 bits per heavy atom. The first-order valence-corrected chi connectivity index (χ1v) is 9.00. The molecule has 4 aromatic rings. The molecule has 5 heteroatoms. The van der Waals surface area contributed by atoms with Crippen LogP contribution in [0, 0.1) is 0 Å². The topological polar surface area (TPSA) is 87.0 Å². The summed E-state index contributed by atoms with van der Waals surface area (Å²) in [5, 5.41) is 2.11. The summed E-state index contributed by atoms with van der Waals surface area (Å²) < 4.78 is 5.87.